The third kappa shape index (κ3) is 3.30. The van der Waals surface area contributed by atoms with Crippen molar-refractivity contribution < 1.29 is 9.59 Å². The number of benzene rings is 1. The monoisotopic (exact) mass is 294 g/mol. The summed E-state index contributed by atoms with van der Waals surface area (Å²) in [5.74, 6) is 4.91. The summed E-state index contributed by atoms with van der Waals surface area (Å²) in [6, 6.07) is 5.73. The molecule has 6 nitrogen and oxygen atoms in total. The van der Waals surface area contributed by atoms with Crippen LogP contribution in [0.1, 0.15) is 17.5 Å². The molecule has 108 valence electrons. The van der Waals surface area contributed by atoms with E-state index in [1.54, 1.807) is 0 Å². The van der Waals surface area contributed by atoms with Gasteiger partial charge in [0.1, 0.15) is 5.50 Å². The zero-order valence-corrected chi connectivity index (χ0v) is 12.2. The van der Waals surface area contributed by atoms with Crippen LogP contribution in [0.25, 0.3) is 0 Å². The smallest absolute Gasteiger partial charge is 0.235 e. The van der Waals surface area contributed by atoms with E-state index >= 15 is 0 Å². The normalized spacial score (nSPS) is 21.6. The van der Waals surface area contributed by atoms with Crippen LogP contribution in [-0.4, -0.2) is 22.6 Å². The predicted octanol–water partition coefficient (Wildman–Crippen LogP) is 0.611. The number of hydrazine groups is 1. The molecule has 1 saturated heterocycles. The quantitative estimate of drug-likeness (QED) is 0.482. The molecule has 1 aliphatic heterocycles. The van der Waals surface area contributed by atoms with Crippen LogP contribution in [0.3, 0.4) is 0 Å². The van der Waals surface area contributed by atoms with Crippen molar-refractivity contribution in [3.8, 4) is 0 Å². The molecule has 2 rings (SSSR count). The van der Waals surface area contributed by atoms with Crippen LogP contribution in [0, 0.1) is 13.8 Å². The van der Waals surface area contributed by atoms with Crippen LogP contribution in [0.4, 0.5) is 5.69 Å². The molecular weight excluding hydrogens is 276 g/mol. The molecule has 2 amide bonds. The fourth-order valence-electron chi connectivity index (χ4n) is 1.96. The van der Waals surface area contributed by atoms with E-state index in [0.29, 0.717) is 0 Å². The highest BCUT2D eigenvalue weighted by atomic mass is 32.2. The molecule has 7 heteroatoms. The number of carbonyl (C=O) groups is 2. The molecule has 5 N–H and O–H groups in total. The van der Waals surface area contributed by atoms with Crippen molar-refractivity contribution in [2.75, 3.05) is 5.32 Å². The Morgan fingerprint density at radius 3 is 2.85 bits per heavy atom. The van der Waals surface area contributed by atoms with Crippen molar-refractivity contribution >= 4 is 29.3 Å². The van der Waals surface area contributed by atoms with E-state index in [1.807, 2.05) is 32.0 Å². The molecule has 0 bridgehead atoms. The molecular formula is C13H18N4O2S. The Labute approximate surface area is 121 Å². The van der Waals surface area contributed by atoms with Gasteiger partial charge in [-0.15, -0.1) is 11.8 Å². The van der Waals surface area contributed by atoms with Crippen LogP contribution < -0.4 is 21.9 Å². The van der Waals surface area contributed by atoms with Crippen LogP contribution >= 0.6 is 11.8 Å². The molecule has 2 unspecified atom stereocenters. The minimum Gasteiger partial charge on any atom is -0.330 e. The predicted molar refractivity (Wildman–Crippen MR) is 79.8 cm³/mol. The molecule has 0 saturated carbocycles. The number of aryl methyl sites for hydroxylation is 1. The minimum absolute atomic E-state index is 0.127. The Morgan fingerprint density at radius 2 is 2.20 bits per heavy atom. The zero-order chi connectivity index (χ0) is 14.7. The van der Waals surface area contributed by atoms with Gasteiger partial charge in [-0.3, -0.25) is 15.4 Å². The highest BCUT2D eigenvalue weighted by Crippen LogP contribution is 2.25. The highest BCUT2D eigenvalue weighted by molar-refractivity contribution is 8.01. The van der Waals surface area contributed by atoms with Crippen molar-refractivity contribution in [3.05, 3.63) is 29.3 Å². The third-order valence-corrected chi connectivity index (χ3v) is 4.50. The SMILES string of the molecule is Cc1cccc(NC(=O)CC2SC(NN)NC2=O)c1C. The van der Waals surface area contributed by atoms with Crippen LogP contribution in [0.5, 0.6) is 0 Å². The standard InChI is InChI=1S/C13H18N4O2S/c1-7-4-3-5-9(8(7)2)15-11(18)6-10-12(19)16-13(17-14)20-10/h3-5,10,13,17H,6,14H2,1-2H3,(H,15,18)(H,16,19). The average Bonchev–Trinajstić information content (AvgIpc) is 2.76. The molecule has 1 heterocycles. The van der Waals surface area contributed by atoms with E-state index < -0.39 is 5.25 Å². The average molecular weight is 294 g/mol. The number of thioether (sulfide) groups is 1. The lowest BCUT2D eigenvalue weighted by atomic mass is 10.1. The number of carbonyl (C=O) groups excluding carboxylic acids is 2. The largest absolute Gasteiger partial charge is 0.330 e. The van der Waals surface area contributed by atoms with Gasteiger partial charge in [-0.1, -0.05) is 12.1 Å². The number of anilines is 1. The first-order valence-corrected chi connectivity index (χ1v) is 7.23. The maximum absolute atomic E-state index is 12.0. The Kier molecular flexibility index (Phi) is 4.64. The third-order valence-electron chi connectivity index (χ3n) is 3.27. The van der Waals surface area contributed by atoms with Crippen molar-refractivity contribution in [1.29, 1.82) is 0 Å². The summed E-state index contributed by atoms with van der Waals surface area (Å²) < 4.78 is 0. The maximum atomic E-state index is 12.0. The Balaban J connectivity index is 1.96. The summed E-state index contributed by atoms with van der Waals surface area (Å²) in [4.78, 5) is 23.7. The topological polar surface area (TPSA) is 96.2 Å². The molecule has 1 aromatic carbocycles. The lowest BCUT2D eigenvalue weighted by Gasteiger charge is -2.11. The fraction of sp³-hybridized carbons (Fsp3) is 0.385. The Bertz CT molecular complexity index is 535. The number of hydrogen-bond donors (Lipinski definition) is 4. The molecule has 0 aromatic heterocycles. The highest BCUT2D eigenvalue weighted by Gasteiger charge is 2.33. The molecule has 1 aliphatic rings. The maximum Gasteiger partial charge on any atom is 0.235 e. The second-order valence-electron chi connectivity index (χ2n) is 4.68. The second-order valence-corrected chi connectivity index (χ2v) is 5.99. The number of rotatable bonds is 4. The van der Waals surface area contributed by atoms with E-state index in [0.717, 1.165) is 16.8 Å². The van der Waals surface area contributed by atoms with E-state index in [9.17, 15) is 9.59 Å². The van der Waals surface area contributed by atoms with Crippen LogP contribution in [0.2, 0.25) is 0 Å². The molecule has 0 spiro atoms. The first kappa shape index (κ1) is 14.8. The number of nitrogens with one attached hydrogen (secondary N) is 3. The van der Waals surface area contributed by atoms with Gasteiger partial charge in [-0.05, 0) is 31.0 Å². The van der Waals surface area contributed by atoms with Gasteiger partial charge in [0.2, 0.25) is 11.8 Å². The van der Waals surface area contributed by atoms with Crippen molar-refractivity contribution in [2.24, 2.45) is 5.84 Å². The van der Waals surface area contributed by atoms with E-state index in [1.165, 1.54) is 11.8 Å². The first-order chi connectivity index (χ1) is 9.51. The van der Waals surface area contributed by atoms with Gasteiger partial charge in [-0.25, -0.2) is 5.43 Å². The van der Waals surface area contributed by atoms with Crippen molar-refractivity contribution in [3.63, 3.8) is 0 Å². The summed E-state index contributed by atoms with van der Waals surface area (Å²) in [7, 11) is 0. The lowest BCUT2D eigenvalue weighted by Crippen LogP contribution is -2.41. The number of nitrogens with two attached hydrogens (primary N) is 1. The lowest BCUT2D eigenvalue weighted by molar-refractivity contribution is -0.123. The van der Waals surface area contributed by atoms with Gasteiger partial charge >= 0.3 is 0 Å². The zero-order valence-electron chi connectivity index (χ0n) is 11.4. The number of hydrogen-bond acceptors (Lipinski definition) is 5. The van der Waals surface area contributed by atoms with Gasteiger partial charge in [0.05, 0.1) is 5.25 Å². The minimum atomic E-state index is -0.416. The number of amides is 2. The van der Waals surface area contributed by atoms with E-state index in [4.69, 9.17) is 5.84 Å². The Morgan fingerprint density at radius 1 is 1.45 bits per heavy atom. The van der Waals surface area contributed by atoms with Gasteiger partial charge < -0.3 is 10.6 Å². The summed E-state index contributed by atoms with van der Waals surface area (Å²) in [5.41, 5.74) is 5.06. The van der Waals surface area contributed by atoms with E-state index in [2.05, 4.69) is 16.1 Å². The van der Waals surface area contributed by atoms with Gasteiger partial charge in [0.25, 0.3) is 0 Å². The second kappa shape index (κ2) is 6.25. The molecule has 1 fully saturated rings. The molecule has 20 heavy (non-hydrogen) atoms. The van der Waals surface area contributed by atoms with Gasteiger partial charge in [-0.2, -0.15) is 0 Å². The van der Waals surface area contributed by atoms with Crippen molar-refractivity contribution in [1.82, 2.24) is 10.7 Å². The summed E-state index contributed by atoms with van der Waals surface area (Å²) in [6.07, 6.45) is 0.127. The molecule has 1 aromatic rings. The Hall–Kier alpha value is -1.57. The van der Waals surface area contributed by atoms with E-state index in [-0.39, 0.29) is 23.7 Å². The van der Waals surface area contributed by atoms with Gasteiger partial charge in [0, 0.05) is 12.1 Å². The summed E-state index contributed by atoms with van der Waals surface area (Å²) >= 11 is 1.31. The fourth-order valence-corrected chi connectivity index (χ4v) is 2.99. The summed E-state index contributed by atoms with van der Waals surface area (Å²) in [6.45, 7) is 3.94. The van der Waals surface area contributed by atoms with Gasteiger partial charge in [0.15, 0.2) is 0 Å². The molecule has 0 aliphatic carbocycles. The van der Waals surface area contributed by atoms with Crippen LogP contribution in [-0.2, 0) is 9.59 Å². The summed E-state index contributed by atoms with van der Waals surface area (Å²) in [5, 5.41) is 5.08. The molecule has 2 atom stereocenters. The van der Waals surface area contributed by atoms with Crippen molar-refractivity contribution in [2.45, 2.75) is 31.0 Å². The first-order valence-electron chi connectivity index (χ1n) is 6.29. The van der Waals surface area contributed by atoms with Crippen LogP contribution in [0.15, 0.2) is 18.2 Å². The molecule has 0 radical (unpaired) electrons.